The third-order valence-corrected chi connectivity index (χ3v) is 7.71. The highest BCUT2D eigenvalue weighted by Gasteiger charge is 2.25. The number of rotatable bonds is 8. The first kappa shape index (κ1) is 23.0. The summed E-state index contributed by atoms with van der Waals surface area (Å²) in [5.74, 6) is 0.451. The molecule has 0 fully saturated rings. The fraction of sp³-hybridized carbons (Fsp3) is 0.125. The van der Waals surface area contributed by atoms with Crippen molar-refractivity contribution < 1.29 is 8.42 Å². The van der Waals surface area contributed by atoms with Gasteiger partial charge in [0.1, 0.15) is 11.1 Å². The molecule has 7 heteroatoms. The maximum atomic E-state index is 13.3. The van der Waals surface area contributed by atoms with Crippen LogP contribution in [0.25, 0.3) is 0 Å². The van der Waals surface area contributed by atoms with Crippen LogP contribution < -0.4 is 5.32 Å². The molecule has 0 bridgehead atoms. The summed E-state index contributed by atoms with van der Waals surface area (Å²) in [5.41, 5.74) is 2.72. The fourth-order valence-corrected chi connectivity index (χ4v) is 5.70. The zero-order chi connectivity index (χ0) is 22.3. The second-order valence-electron chi connectivity index (χ2n) is 6.64. The van der Waals surface area contributed by atoms with Crippen LogP contribution in [0.1, 0.15) is 18.1 Å². The minimum absolute atomic E-state index is 0.0815. The topological polar surface area (TPSA) is 70.0 Å². The van der Waals surface area contributed by atoms with E-state index < -0.39 is 9.84 Å². The van der Waals surface area contributed by atoms with Crippen LogP contribution in [0.3, 0.4) is 0 Å². The van der Waals surface area contributed by atoms with Crippen LogP contribution in [-0.4, -0.2) is 8.42 Å². The molecule has 3 rings (SSSR count). The van der Waals surface area contributed by atoms with Gasteiger partial charge < -0.3 is 5.32 Å². The highest BCUT2D eigenvalue weighted by molar-refractivity contribution is 8.04. The lowest BCUT2D eigenvalue weighted by Gasteiger charge is -2.16. The molecular weight excluding hydrogens is 448 g/mol. The summed E-state index contributed by atoms with van der Waals surface area (Å²) in [7, 11) is -3.99. The molecule has 158 valence electrons. The molecule has 0 saturated heterocycles. The first-order valence-electron chi connectivity index (χ1n) is 9.62. The van der Waals surface area contributed by atoms with Gasteiger partial charge in [0.05, 0.1) is 4.90 Å². The number of hydrogen-bond acceptors (Lipinski definition) is 5. The van der Waals surface area contributed by atoms with Gasteiger partial charge in [-0.2, -0.15) is 5.26 Å². The summed E-state index contributed by atoms with van der Waals surface area (Å²) in [6, 6.07) is 24.9. The molecule has 0 aliphatic heterocycles. The molecule has 1 N–H and O–H groups in total. The number of thioether (sulfide) groups is 1. The van der Waals surface area contributed by atoms with Crippen molar-refractivity contribution in [3.63, 3.8) is 0 Å². The molecule has 0 heterocycles. The molecule has 0 atom stereocenters. The van der Waals surface area contributed by atoms with Crippen LogP contribution >= 0.6 is 23.4 Å². The molecule has 0 spiro atoms. The van der Waals surface area contributed by atoms with E-state index in [9.17, 15) is 13.7 Å². The zero-order valence-corrected chi connectivity index (χ0v) is 19.3. The number of allylic oxidation sites excluding steroid dienone is 1. The van der Waals surface area contributed by atoms with E-state index in [-0.39, 0.29) is 14.8 Å². The molecule has 3 aromatic rings. The summed E-state index contributed by atoms with van der Waals surface area (Å²) in [4.78, 5) is -0.227. The van der Waals surface area contributed by atoms with E-state index in [0.717, 1.165) is 23.2 Å². The van der Waals surface area contributed by atoms with Gasteiger partial charge >= 0.3 is 0 Å². The van der Waals surface area contributed by atoms with E-state index in [4.69, 9.17) is 11.6 Å². The van der Waals surface area contributed by atoms with E-state index in [2.05, 4.69) is 5.32 Å². The van der Waals surface area contributed by atoms with Gasteiger partial charge in [0.2, 0.25) is 9.84 Å². The van der Waals surface area contributed by atoms with Crippen molar-refractivity contribution in [2.24, 2.45) is 0 Å². The first-order chi connectivity index (χ1) is 15.0. The van der Waals surface area contributed by atoms with Gasteiger partial charge in [0, 0.05) is 16.5 Å². The lowest BCUT2D eigenvalue weighted by Crippen LogP contribution is -2.11. The lowest BCUT2D eigenvalue weighted by atomic mass is 10.1. The molecule has 0 amide bonds. The Bertz CT molecular complexity index is 1230. The van der Waals surface area contributed by atoms with Gasteiger partial charge in [-0.3, -0.25) is 0 Å². The normalized spacial score (nSPS) is 12.0. The first-order valence-corrected chi connectivity index (χ1v) is 12.5. The number of aryl methyl sites for hydroxylation is 1. The SMILES string of the molecule is CCc1ccccc1NC(SCc1cccc(Cl)c1)=C(C#N)S(=O)(=O)c1ccccc1. The largest absolute Gasteiger partial charge is 0.348 e. The van der Waals surface area contributed by atoms with E-state index in [1.807, 2.05) is 55.5 Å². The van der Waals surface area contributed by atoms with Crippen molar-refractivity contribution in [1.29, 1.82) is 5.26 Å². The highest BCUT2D eigenvalue weighted by atomic mass is 35.5. The summed E-state index contributed by atoms with van der Waals surface area (Å²) >= 11 is 7.35. The highest BCUT2D eigenvalue weighted by Crippen LogP contribution is 2.32. The molecular formula is C24H21ClN2O2S2. The van der Waals surface area contributed by atoms with Gasteiger partial charge in [-0.15, -0.1) is 11.8 Å². The zero-order valence-electron chi connectivity index (χ0n) is 16.9. The monoisotopic (exact) mass is 468 g/mol. The average Bonchev–Trinajstić information content (AvgIpc) is 2.78. The predicted molar refractivity (Wildman–Crippen MR) is 128 cm³/mol. The lowest BCUT2D eigenvalue weighted by molar-refractivity contribution is 0.603. The summed E-state index contributed by atoms with van der Waals surface area (Å²) in [5, 5.41) is 14.0. The van der Waals surface area contributed by atoms with Gasteiger partial charge in [-0.25, -0.2) is 8.42 Å². The number of nitrogens with one attached hydrogen (secondary N) is 1. The number of nitrogens with zero attached hydrogens (tertiary/aromatic N) is 1. The predicted octanol–water partition coefficient (Wildman–Crippen LogP) is 6.41. The molecule has 0 radical (unpaired) electrons. The van der Waals surface area contributed by atoms with Crippen LogP contribution in [0.15, 0.2) is 93.7 Å². The average molecular weight is 469 g/mol. The standard InChI is InChI=1S/C24H21ClN2O2S2/c1-2-19-10-6-7-14-22(19)27-24(30-17-18-9-8-11-20(25)15-18)23(16-26)31(28,29)21-12-4-3-5-13-21/h3-15,27H,2,17H2,1H3. The number of sulfone groups is 1. The Hall–Kier alpha value is -2.72. The van der Waals surface area contributed by atoms with Gasteiger partial charge in [-0.1, -0.05) is 67.1 Å². The molecule has 0 saturated carbocycles. The smallest absolute Gasteiger partial charge is 0.219 e. The number of nitriles is 1. The Morgan fingerprint density at radius 2 is 1.74 bits per heavy atom. The van der Waals surface area contributed by atoms with Crippen LogP contribution in [0.2, 0.25) is 5.02 Å². The Morgan fingerprint density at radius 3 is 2.42 bits per heavy atom. The third-order valence-electron chi connectivity index (χ3n) is 4.55. The number of benzene rings is 3. The molecule has 3 aromatic carbocycles. The van der Waals surface area contributed by atoms with E-state index in [0.29, 0.717) is 10.8 Å². The van der Waals surface area contributed by atoms with Crippen molar-refractivity contribution in [3.05, 3.63) is 105 Å². The maximum absolute atomic E-state index is 13.3. The maximum Gasteiger partial charge on any atom is 0.219 e. The van der Waals surface area contributed by atoms with Crippen LogP contribution in [0, 0.1) is 11.3 Å². The quantitative estimate of drug-likeness (QED) is 0.386. The molecule has 0 aromatic heterocycles. The van der Waals surface area contributed by atoms with E-state index in [1.54, 1.807) is 24.3 Å². The van der Waals surface area contributed by atoms with Crippen LogP contribution in [0.4, 0.5) is 5.69 Å². The van der Waals surface area contributed by atoms with Gasteiger partial charge in [0.15, 0.2) is 4.91 Å². The number of halogens is 1. The van der Waals surface area contributed by atoms with Crippen molar-refractivity contribution >= 4 is 38.9 Å². The summed E-state index contributed by atoms with van der Waals surface area (Å²) in [6.07, 6.45) is 0.767. The molecule has 0 unspecified atom stereocenters. The molecule has 0 aliphatic rings. The van der Waals surface area contributed by atoms with Gasteiger partial charge in [0.25, 0.3) is 0 Å². The van der Waals surface area contributed by atoms with Crippen molar-refractivity contribution in [3.8, 4) is 6.07 Å². The second-order valence-corrected chi connectivity index (χ2v) is 9.95. The second kappa shape index (κ2) is 10.5. The van der Waals surface area contributed by atoms with Crippen molar-refractivity contribution in [2.75, 3.05) is 5.32 Å². The molecule has 0 aliphatic carbocycles. The molecule has 31 heavy (non-hydrogen) atoms. The van der Waals surface area contributed by atoms with Crippen molar-refractivity contribution in [2.45, 2.75) is 24.0 Å². The van der Waals surface area contributed by atoms with E-state index in [1.165, 1.54) is 23.9 Å². The fourth-order valence-electron chi connectivity index (χ4n) is 2.96. The number of hydrogen-bond donors (Lipinski definition) is 1. The number of para-hydroxylation sites is 1. The molecule has 4 nitrogen and oxygen atoms in total. The van der Waals surface area contributed by atoms with E-state index >= 15 is 0 Å². The van der Waals surface area contributed by atoms with Crippen molar-refractivity contribution in [1.82, 2.24) is 0 Å². The third kappa shape index (κ3) is 5.71. The Labute approximate surface area is 192 Å². The summed E-state index contributed by atoms with van der Waals surface area (Å²) < 4.78 is 26.5. The Morgan fingerprint density at radius 1 is 1.03 bits per heavy atom. The van der Waals surface area contributed by atoms with Crippen LogP contribution in [-0.2, 0) is 22.0 Å². The van der Waals surface area contributed by atoms with Crippen LogP contribution in [0.5, 0.6) is 0 Å². The Balaban J connectivity index is 2.07. The number of anilines is 1. The Kier molecular flexibility index (Phi) is 7.80. The van der Waals surface area contributed by atoms with Gasteiger partial charge in [-0.05, 0) is 47.9 Å². The minimum Gasteiger partial charge on any atom is -0.348 e. The minimum atomic E-state index is -3.99. The summed E-state index contributed by atoms with van der Waals surface area (Å²) in [6.45, 7) is 2.02.